The van der Waals surface area contributed by atoms with Crippen LogP contribution in [0.2, 0.25) is 0 Å². The van der Waals surface area contributed by atoms with Gasteiger partial charge in [0.05, 0.1) is 12.8 Å². The van der Waals surface area contributed by atoms with Gasteiger partial charge in [0.25, 0.3) is 0 Å². The average Bonchev–Trinajstić information content (AvgIpc) is 3.18. The molecular formula is C28H30N2O4S. The Morgan fingerprint density at radius 3 is 2.34 bits per heavy atom. The molecule has 0 saturated carbocycles. The van der Waals surface area contributed by atoms with Crippen molar-refractivity contribution in [1.29, 1.82) is 0 Å². The molecule has 2 aromatic heterocycles. The number of aryl methyl sites for hydroxylation is 3. The molecule has 0 radical (unpaired) electrons. The molecule has 0 spiro atoms. The Morgan fingerprint density at radius 1 is 1.09 bits per heavy atom. The number of hydrogen-bond acceptors (Lipinski definition) is 7. The standard InChI is InChI=1S/C28H30N2O4S/c1-7-30(8-2)20-14-22(26-29-17(4)18(5)35-26)24-21(13-19-11-9-16(3)10-12-19)25(27(31)33-6)28(32)34-23(24)15-20/h9-12,14-15H,7-8,13H2,1-6H3. The Morgan fingerprint density at radius 2 is 1.77 bits per heavy atom. The van der Waals surface area contributed by atoms with E-state index in [1.54, 1.807) is 11.3 Å². The fourth-order valence-electron chi connectivity index (χ4n) is 4.32. The second-order valence-corrected chi connectivity index (χ2v) is 9.80. The number of methoxy groups -OCH3 is 1. The third kappa shape index (κ3) is 4.73. The molecule has 182 valence electrons. The SMILES string of the molecule is CCN(CC)c1cc(-c2nc(C)c(C)s2)c2c(Cc3ccc(C)cc3)c(C(=O)OC)c(=O)oc2c1. The van der Waals surface area contributed by atoms with E-state index >= 15 is 0 Å². The van der Waals surface area contributed by atoms with Crippen LogP contribution in [0.3, 0.4) is 0 Å². The Bertz CT molecular complexity index is 1430. The van der Waals surface area contributed by atoms with Crippen LogP contribution in [-0.2, 0) is 11.2 Å². The second-order valence-electron chi connectivity index (χ2n) is 8.60. The number of thiazole rings is 1. The summed E-state index contributed by atoms with van der Waals surface area (Å²) in [6.45, 7) is 11.8. The number of carbonyl (C=O) groups excluding carboxylic acids is 1. The number of anilines is 1. The quantitative estimate of drug-likeness (QED) is 0.231. The van der Waals surface area contributed by atoms with Crippen molar-refractivity contribution in [1.82, 2.24) is 4.98 Å². The summed E-state index contributed by atoms with van der Waals surface area (Å²) in [4.78, 5) is 34.1. The zero-order valence-corrected chi connectivity index (χ0v) is 21.8. The molecule has 0 atom stereocenters. The summed E-state index contributed by atoms with van der Waals surface area (Å²) in [7, 11) is 1.28. The van der Waals surface area contributed by atoms with E-state index in [1.165, 1.54) is 7.11 Å². The number of esters is 1. The summed E-state index contributed by atoms with van der Waals surface area (Å²) < 4.78 is 10.8. The first-order chi connectivity index (χ1) is 16.8. The van der Waals surface area contributed by atoms with E-state index in [0.29, 0.717) is 17.6 Å². The molecule has 4 aromatic rings. The number of hydrogen-bond donors (Lipinski definition) is 0. The van der Waals surface area contributed by atoms with Crippen LogP contribution >= 0.6 is 11.3 Å². The van der Waals surface area contributed by atoms with Crippen molar-refractivity contribution < 1.29 is 13.9 Å². The molecule has 4 rings (SSSR count). The molecular weight excluding hydrogens is 460 g/mol. The molecule has 0 bridgehead atoms. The van der Waals surface area contributed by atoms with Crippen LogP contribution in [0.5, 0.6) is 0 Å². The van der Waals surface area contributed by atoms with Gasteiger partial charge in [-0.15, -0.1) is 11.3 Å². The largest absolute Gasteiger partial charge is 0.465 e. The first-order valence-corrected chi connectivity index (χ1v) is 12.6. The lowest BCUT2D eigenvalue weighted by molar-refractivity contribution is 0.0595. The van der Waals surface area contributed by atoms with Crippen LogP contribution in [0.4, 0.5) is 5.69 Å². The van der Waals surface area contributed by atoms with Crippen LogP contribution in [0.1, 0.15) is 51.5 Å². The van der Waals surface area contributed by atoms with E-state index < -0.39 is 11.6 Å². The van der Waals surface area contributed by atoms with Crippen LogP contribution in [0.25, 0.3) is 21.5 Å². The van der Waals surface area contributed by atoms with Gasteiger partial charge < -0.3 is 14.1 Å². The Balaban J connectivity index is 2.12. The van der Waals surface area contributed by atoms with Crippen molar-refractivity contribution in [3.63, 3.8) is 0 Å². The highest BCUT2D eigenvalue weighted by molar-refractivity contribution is 7.15. The van der Waals surface area contributed by atoms with E-state index in [4.69, 9.17) is 14.1 Å². The fraction of sp³-hybridized carbons (Fsp3) is 0.321. The van der Waals surface area contributed by atoms with E-state index in [9.17, 15) is 9.59 Å². The van der Waals surface area contributed by atoms with Gasteiger partial charge in [-0.05, 0) is 58.2 Å². The van der Waals surface area contributed by atoms with Crippen LogP contribution < -0.4 is 10.5 Å². The molecule has 0 unspecified atom stereocenters. The van der Waals surface area contributed by atoms with Gasteiger partial charge in [-0.2, -0.15) is 0 Å². The lowest BCUT2D eigenvalue weighted by Crippen LogP contribution is -2.22. The van der Waals surface area contributed by atoms with Gasteiger partial charge in [0, 0.05) is 40.7 Å². The Kier molecular flexibility index (Phi) is 7.08. The first-order valence-electron chi connectivity index (χ1n) is 11.7. The van der Waals surface area contributed by atoms with Crippen molar-refractivity contribution in [3.8, 4) is 10.6 Å². The predicted molar refractivity (Wildman–Crippen MR) is 142 cm³/mol. The zero-order valence-electron chi connectivity index (χ0n) is 21.0. The van der Waals surface area contributed by atoms with Crippen molar-refractivity contribution in [2.45, 2.75) is 41.0 Å². The van der Waals surface area contributed by atoms with E-state index in [1.807, 2.05) is 51.1 Å². The predicted octanol–water partition coefficient (Wildman–Crippen LogP) is 6.07. The second kappa shape index (κ2) is 10.0. The number of aromatic nitrogens is 1. The van der Waals surface area contributed by atoms with Crippen LogP contribution in [0.15, 0.2) is 45.6 Å². The molecule has 2 heterocycles. The molecule has 2 aromatic carbocycles. The van der Waals surface area contributed by atoms with Gasteiger partial charge in [-0.1, -0.05) is 29.8 Å². The number of nitrogens with zero attached hydrogens (tertiary/aromatic N) is 2. The maximum Gasteiger partial charge on any atom is 0.351 e. The van der Waals surface area contributed by atoms with E-state index in [-0.39, 0.29) is 5.56 Å². The minimum Gasteiger partial charge on any atom is -0.465 e. The zero-order chi connectivity index (χ0) is 25.3. The van der Waals surface area contributed by atoms with Crippen molar-refractivity contribution in [2.75, 3.05) is 25.1 Å². The summed E-state index contributed by atoms with van der Waals surface area (Å²) in [5.74, 6) is -0.701. The minimum absolute atomic E-state index is 0.0672. The average molecular weight is 491 g/mol. The van der Waals surface area contributed by atoms with Gasteiger partial charge >= 0.3 is 11.6 Å². The topological polar surface area (TPSA) is 72.6 Å². The molecule has 0 N–H and O–H groups in total. The van der Waals surface area contributed by atoms with Gasteiger partial charge in [-0.3, -0.25) is 0 Å². The third-order valence-electron chi connectivity index (χ3n) is 6.38. The smallest absolute Gasteiger partial charge is 0.351 e. The van der Waals surface area contributed by atoms with Crippen molar-refractivity contribution in [3.05, 3.63) is 79.6 Å². The van der Waals surface area contributed by atoms with E-state index in [0.717, 1.165) is 56.4 Å². The molecule has 0 amide bonds. The highest BCUT2D eigenvalue weighted by Gasteiger charge is 2.26. The summed E-state index contributed by atoms with van der Waals surface area (Å²) in [5.41, 5.74) is 5.14. The van der Waals surface area contributed by atoms with E-state index in [2.05, 4.69) is 24.8 Å². The van der Waals surface area contributed by atoms with Crippen LogP contribution in [-0.4, -0.2) is 31.2 Å². The minimum atomic E-state index is -0.701. The Labute approximate surface area is 209 Å². The van der Waals surface area contributed by atoms with Gasteiger partial charge in [0.15, 0.2) is 0 Å². The lowest BCUT2D eigenvalue weighted by Gasteiger charge is -2.23. The van der Waals surface area contributed by atoms with Crippen molar-refractivity contribution >= 4 is 34.0 Å². The maximum atomic E-state index is 13.1. The van der Waals surface area contributed by atoms with Gasteiger partial charge in [-0.25, -0.2) is 14.6 Å². The molecule has 7 heteroatoms. The highest BCUT2D eigenvalue weighted by Crippen LogP contribution is 2.39. The fourth-order valence-corrected chi connectivity index (χ4v) is 5.25. The molecule has 35 heavy (non-hydrogen) atoms. The summed E-state index contributed by atoms with van der Waals surface area (Å²) in [6.07, 6.45) is 0.383. The van der Waals surface area contributed by atoms with Gasteiger partial charge in [0.1, 0.15) is 16.2 Å². The molecule has 6 nitrogen and oxygen atoms in total. The van der Waals surface area contributed by atoms with Crippen molar-refractivity contribution in [2.24, 2.45) is 0 Å². The highest BCUT2D eigenvalue weighted by atomic mass is 32.1. The number of carbonyl (C=O) groups is 1. The molecule has 0 fully saturated rings. The number of ether oxygens (including phenoxy) is 1. The monoisotopic (exact) mass is 490 g/mol. The number of fused-ring (bicyclic) bond motifs is 1. The normalized spacial score (nSPS) is 11.1. The molecule has 0 aliphatic rings. The summed E-state index contributed by atoms with van der Waals surface area (Å²) in [5, 5.41) is 1.55. The van der Waals surface area contributed by atoms with Gasteiger partial charge in [0.2, 0.25) is 0 Å². The molecule has 0 saturated heterocycles. The Hall–Kier alpha value is -3.45. The first kappa shape index (κ1) is 24.7. The summed E-state index contributed by atoms with van der Waals surface area (Å²) >= 11 is 1.59. The number of benzene rings is 2. The molecule has 0 aliphatic carbocycles. The molecule has 0 aliphatic heterocycles. The third-order valence-corrected chi connectivity index (χ3v) is 7.48. The summed E-state index contributed by atoms with van der Waals surface area (Å²) in [6, 6.07) is 12.0. The van der Waals surface area contributed by atoms with Crippen LogP contribution in [0, 0.1) is 20.8 Å². The maximum absolute atomic E-state index is 13.1. The lowest BCUT2D eigenvalue weighted by atomic mass is 9.93. The number of rotatable bonds is 7.